The fourth-order valence-corrected chi connectivity index (χ4v) is 1.86. The maximum atomic E-state index is 5.65. The summed E-state index contributed by atoms with van der Waals surface area (Å²) in [5.41, 5.74) is 3.04. The molecule has 17 heavy (non-hydrogen) atoms. The highest BCUT2D eigenvalue weighted by Gasteiger charge is 2.03. The number of aryl methyl sites for hydroxylation is 2. The predicted octanol–water partition coefficient (Wildman–Crippen LogP) is 2.60. The van der Waals surface area contributed by atoms with Crippen LogP contribution in [0, 0.1) is 6.92 Å². The molecule has 0 aliphatic heterocycles. The van der Waals surface area contributed by atoms with Crippen molar-refractivity contribution in [3.8, 4) is 5.75 Å². The molecule has 2 aromatic heterocycles. The maximum Gasteiger partial charge on any atom is 0.138 e. The van der Waals surface area contributed by atoms with E-state index >= 15 is 0 Å². The average Bonchev–Trinajstić information content (AvgIpc) is 2.66. The zero-order valence-corrected chi connectivity index (χ0v) is 11.4. The van der Waals surface area contributed by atoms with E-state index in [2.05, 4.69) is 26.0 Å². The van der Waals surface area contributed by atoms with Gasteiger partial charge >= 0.3 is 0 Å². The van der Waals surface area contributed by atoms with Gasteiger partial charge in [0.1, 0.15) is 12.4 Å². The summed E-state index contributed by atoms with van der Waals surface area (Å²) in [6.45, 7) is 2.47. The molecule has 5 heteroatoms. The largest absolute Gasteiger partial charge is 0.486 e. The monoisotopic (exact) mass is 295 g/mol. The van der Waals surface area contributed by atoms with Gasteiger partial charge in [-0.05, 0) is 25.1 Å². The van der Waals surface area contributed by atoms with Crippen LogP contribution in [0.15, 0.2) is 24.4 Å². The smallest absolute Gasteiger partial charge is 0.138 e. The van der Waals surface area contributed by atoms with Crippen LogP contribution >= 0.6 is 15.9 Å². The van der Waals surface area contributed by atoms with E-state index in [9.17, 15) is 0 Å². The van der Waals surface area contributed by atoms with Crippen molar-refractivity contribution in [2.24, 2.45) is 7.05 Å². The van der Waals surface area contributed by atoms with Crippen LogP contribution in [-0.4, -0.2) is 14.8 Å². The minimum absolute atomic E-state index is 0.507. The molecule has 0 atom stereocenters. The molecular formula is C12H14BrN3O. The molecule has 2 rings (SSSR count). The van der Waals surface area contributed by atoms with Crippen molar-refractivity contribution >= 4 is 15.9 Å². The zero-order valence-electron chi connectivity index (χ0n) is 9.85. The third kappa shape index (κ3) is 3.06. The van der Waals surface area contributed by atoms with Crippen molar-refractivity contribution in [2.45, 2.75) is 18.9 Å². The molecule has 4 nitrogen and oxygen atoms in total. The number of aromatic nitrogens is 3. The number of halogens is 1. The topological polar surface area (TPSA) is 39.9 Å². The first kappa shape index (κ1) is 12.1. The van der Waals surface area contributed by atoms with E-state index in [1.54, 1.807) is 6.20 Å². The summed E-state index contributed by atoms with van der Waals surface area (Å²) < 4.78 is 7.48. The van der Waals surface area contributed by atoms with Gasteiger partial charge in [0, 0.05) is 12.4 Å². The van der Waals surface area contributed by atoms with Crippen LogP contribution in [0.25, 0.3) is 0 Å². The van der Waals surface area contributed by atoms with Gasteiger partial charge in [-0.3, -0.25) is 9.67 Å². The SMILES string of the molecule is Cc1cc(COc2ccc(CBr)nc2)n(C)n1. The van der Waals surface area contributed by atoms with Crippen molar-refractivity contribution in [1.29, 1.82) is 0 Å². The molecule has 2 heterocycles. The Labute approximate surface area is 109 Å². The Morgan fingerprint density at radius 1 is 1.41 bits per heavy atom. The molecule has 0 saturated carbocycles. The summed E-state index contributed by atoms with van der Waals surface area (Å²) in [6, 6.07) is 5.88. The number of pyridine rings is 1. The first-order chi connectivity index (χ1) is 8.19. The highest BCUT2D eigenvalue weighted by Crippen LogP contribution is 2.13. The molecule has 2 aromatic rings. The number of hydrogen-bond acceptors (Lipinski definition) is 3. The van der Waals surface area contributed by atoms with Crippen molar-refractivity contribution < 1.29 is 4.74 Å². The lowest BCUT2D eigenvalue weighted by atomic mass is 10.3. The van der Waals surface area contributed by atoms with Crippen LogP contribution in [0.5, 0.6) is 5.75 Å². The number of nitrogens with zero attached hydrogens (tertiary/aromatic N) is 3. The lowest BCUT2D eigenvalue weighted by molar-refractivity contribution is 0.293. The lowest BCUT2D eigenvalue weighted by Crippen LogP contribution is -2.03. The number of hydrogen-bond donors (Lipinski definition) is 0. The van der Waals surface area contributed by atoms with Gasteiger partial charge in [-0.25, -0.2) is 0 Å². The van der Waals surface area contributed by atoms with E-state index in [0.717, 1.165) is 28.2 Å². The van der Waals surface area contributed by atoms with E-state index in [1.165, 1.54) is 0 Å². The zero-order chi connectivity index (χ0) is 12.3. The quantitative estimate of drug-likeness (QED) is 0.814. The number of ether oxygens (including phenoxy) is 1. The van der Waals surface area contributed by atoms with E-state index < -0.39 is 0 Å². The first-order valence-electron chi connectivity index (χ1n) is 5.32. The Kier molecular flexibility index (Phi) is 3.78. The second-order valence-corrected chi connectivity index (χ2v) is 4.37. The first-order valence-corrected chi connectivity index (χ1v) is 6.44. The molecule has 90 valence electrons. The van der Waals surface area contributed by atoms with E-state index in [4.69, 9.17) is 4.74 Å². The number of alkyl halides is 1. The predicted molar refractivity (Wildman–Crippen MR) is 69.1 cm³/mol. The molecule has 0 saturated heterocycles. The van der Waals surface area contributed by atoms with Crippen LogP contribution in [0.2, 0.25) is 0 Å². The molecule has 0 radical (unpaired) electrons. The van der Waals surface area contributed by atoms with Crippen LogP contribution in [0.4, 0.5) is 0 Å². The van der Waals surface area contributed by atoms with Gasteiger partial charge in [-0.2, -0.15) is 5.10 Å². The summed E-state index contributed by atoms with van der Waals surface area (Å²) in [6.07, 6.45) is 1.74. The standard InChI is InChI=1S/C12H14BrN3O/c1-9-5-11(16(2)15-9)8-17-12-4-3-10(6-13)14-7-12/h3-5,7H,6,8H2,1-2H3. The van der Waals surface area contributed by atoms with Crippen molar-refractivity contribution in [2.75, 3.05) is 0 Å². The van der Waals surface area contributed by atoms with Gasteiger partial charge in [0.05, 0.1) is 23.3 Å². The Morgan fingerprint density at radius 2 is 2.24 bits per heavy atom. The fourth-order valence-electron chi connectivity index (χ4n) is 1.53. The van der Waals surface area contributed by atoms with Crippen molar-refractivity contribution in [3.63, 3.8) is 0 Å². The van der Waals surface area contributed by atoms with Gasteiger partial charge in [-0.15, -0.1) is 0 Å². The maximum absolute atomic E-state index is 5.65. The minimum atomic E-state index is 0.507. The Bertz CT molecular complexity index is 493. The minimum Gasteiger partial charge on any atom is -0.486 e. The molecule has 0 aliphatic carbocycles. The molecule has 0 aromatic carbocycles. The highest BCUT2D eigenvalue weighted by molar-refractivity contribution is 9.08. The summed E-state index contributed by atoms with van der Waals surface area (Å²) in [4.78, 5) is 4.24. The fraction of sp³-hybridized carbons (Fsp3) is 0.333. The van der Waals surface area contributed by atoms with Crippen LogP contribution < -0.4 is 4.74 Å². The molecule has 0 spiro atoms. The molecule has 0 amide bonds. The summed E-state index contributed by atoms with van der Waals surface area (Å²) in [5, 5.41) is 5.02. The van der Waals surface area contributed by atoms with Gasteiger partial charge in [0.25, 0.3) is 0 Å². The van der Waals surface area contributed by atoms with Crippen LogP contribution in [-0.2, 0) is 19.0 Å². The van der Waals surface area contributed by atoms with Gasteiger partial charge in [0.15, 0.2) is 0 Å². The Balaban J connectivity index is 1.99. The summed E-state index contributed by atoms with van der Waals surface area (Å²) >= 11 is 3.36. The second kappa shape index (κ2) is 5.31. The Morgan fingerprint density at radius 3 is 2.76 bits per heavy atom. The van der Waals surface area contributed by atoms with Gasteiger partial charge < -0.3 is 4.74 Å². The van der Waals surface area contributed by atoms with Crippen LogP contribution in [0.1, 0.15) is 17.1 Å². The number of rotatable bonds is 4. The van der Waals surface area contributed by atoms with E-state index in [1.807, 2.05) is 36.9 Å². The Hall–Kier alpha value is -1.36. The molecule has 0 aliphatic rings. The van der Waals surface area contributed by atoms with Crippen molar-refractivity contribution in [1.82, 2.24) is 14.8 Å². The van der Waals surface area contributed by atoms with Gasteiger partial charge in [0.2, 0.25) is 0 Å². The molecule has 0 unspecified atom stereocenters. The normalized spacial score (nSPS) is 10.5. The molecule has 0 N–H and O–H groups in total. The average molecular weight is 296 g/mol. The van der Waals surface area contributed by atoms with E-state index in [-0.39, 0.29) is 0 Å². The molecular weight excluding hydrogens is 282 g/mol. The summed E-state index contributed by atoms with van der Waals surface area (Å²) in [5.74, 6) is 0.772. The van der Waals surface area contributed by atoms with Crippen molar-refractivity contribution in [3.05, 3.63) is 41.5 Å². The summed E-state index contributed by atoms with van der Waals surface area (Å²) in [7, 11) is 1.91. The highest BCUT2D eigenvalue weighted by atomic mass is 79.9. The molecule has 0 bridgehead atoms. The van der Waals surface area contributed by atoms with Gasteiger partial charge in [-0.1, -0.05) is 15.9 Å². The second-order valence-electron chi connectivity index (χ2n) is 3.81. The molecule has 0 fully saturated rings. The third-order valence-electron chi connectivity index (χ3n) is 2.42. The lowest BCUT2D eigenvalue weighted by Gasteiger charge is -2.06. The van der Waals surface area contributed by atoms with Crippen LogP contribution in [0.3, 0.4) is 0 Å². The van der Waals surface area contributed by atoms with E-state index in [0.29, 0.717) is 6.61 Å². The third-order valence-corrected chi connectivity index (χ3v) is 2.99.